The lowest BCUT2D eigenvalue weighted by Gasteiger charge is -2.14. The topological polar surface area (TPSA) is 61.8 Å². The van der Waals surface area contributed by atoms with Crippen molar-refractivity contribution in [1.82, 2.24) is 0 Å². The van der Waals surface area contributed by atoms with Crippen LogP contribution in [0, 0.1) is 0 Å². The smallest absolute Gasteiger partial charge is 0.322 e. The molecule has 0 fully saturated rings. The fourth-order valence-electron chi connectivity index (χ4n) is 2.57. The molecule has 5 heteroatoms. The lowest BCUT2D eigenvalue weighted by molar-refractivity contribution is -0.153. The van der Waals surface area contributed by atoms with Crippen LogP contribution in [-0.2, 0) is 14.3 Å². The van der Waals surface area contributed by atoms with Crippen LogP contribution in [0.15, 0.2) is 48.5 Å². The molecule has 0 aliphatic heterocycles. The van der Waals surface area contributed by atoms with Crippen LogP contribution in [0.3, 0.4) is 0 Å². The lowest BCUT2D eigenvalue weighted by atomic mass is 9.99. The second-order valence-corrected chi connectivity index (χ2v) is 6.43. The largest absolute Gasteiger partial charge is 0.497 e. The predicted octanol–water partition coefficient (Wildman–Crippen LogP) is 4.81. The SMILES string of the molecule is CCC(C)c1ccc(OC(=O)CC(=O)OC(C)c2ccc(OC)cc2)cc1. The number of rotatable bonds is 8. The van der Waals surface area contributed by atoms with Crippen molar-refractivity contribution in [2.45, 2.75) is 45.6 Å². The van der Waals surface area contributed by atoms with E-state index in [-0.39, 0.29) is 0 Å². The van der Waals surface area contributed by atoms with Gasteiger partial charge in [-0.25, -0.2) is 0 Å². The summed E-state index contributed by atoms with van der Waals surface area (Å²) in [5, 5.41) is 0. The van der Waals surface area contributed by atoms with Crippen molar-refractivity contribution in [2.24, 2.45) is 0 Å². The van der Waals surface area contributed by atoms with Gasteiger partial charge in [0.05, 0.1) is 7.11 Å². The second kappa shape index (κ2) is 9.76. The van der Waals surface area contributed by atoms with Gasteiger partial charge in [-0.1, -0.05) is 38.1 Å². The number of esters is 2. The first-order valence-corrected chi connectivity index (χ1v) is 9.07. The molecule has 27 heavy (non-hydrogen) atoms. The molecule has 0 aromatic heterocycles. The number of carbonyl (C=O) groups is 2. The number of hydrogen-bond acceptors (Lipinski definition) is 5. The zero-order valence-corrected chi connectivity index (χ0v) is 16.2. The molecule has 0 saturated heterocycles. The molecule has 0 saturated carbocycles. The summed E-state index contributed by atoms with van der Waals surface area (Å²) < 4.78 is 15.6. The Hall–Kier alpha value is -2.82. The zero-order chi connectivity index (χ0) is 19.8. The van der Waals surface area contributed by atoms with Gasteiger partial charge >= 0.3 is 11.9 Å². The van der Waals surface area contributed by atoms with E-state index in [1.807, 2.05) is 24.3 Å². The summed E-state index contributed by atoms with van der Waals surface area (Å²) in [5.74, 6) is 0.324. The van der Waals surface area contributed by atoms with E-state index in [9.17, 15) is 9.59 Å². The van der Waals surface area contributed by atoms with Crippen LogP contribution >= 0.6 is 0 Å². The molecule has 0 spiro atoms. The predicted molar refractivity (Wildman–Crippen MR) is 103 cm³/mol. The van der Waals surface area contributed by atoms with Crippen molar-refractivity contribution < 1.29 is 23.8 Å². The van der Waals surface area contributed by atoms with Gasteiger partial charge in [-0.05, 0) is 54.7 Å². The average Bonchev–Trinajstić information content (AvgIpc) is 2.67. The van der Waals surface area contributed by atoms with Crippen LogP contribution in [0.2, 0.25) is 0 Å². The highest BCUT2D eigenvalue weighted by Crippen LogP contribution is 2.23. The maximum atomic E-state index is 12.0. The van der Waals surface area contributed by atoms with Crippen molar-refractivity contribution in [3.8, 4) is 11.5 Å². The number of carbonyl (C=O) groups excluding carboxylic acids is 2. The Morgan fingerprint density at radius 3 is 1.96 bits per heavy atom. The van der Waals surface area contributed by atoms with E-state index in [0.29, 0.717) is 11.7 Å². The number of benzene rings is 2. The summed E-state index contributed by atoms with van der Waals surface area (Å²) in [6, 6.07) is 14.5. The molecule has 0 bridgehead atoms. The summed E-state index contributed by atoms with van der Waals surface area (Å²) in [6.45, 7) is 6.01. The molecule has 2 unspecified atom stereocenters. The number of hydrogen-bond donors (Lipinski definition) is 0. The maximum absolute atomic E-state index is 12.0. The summed E-state index contributed by atoms with van der Waals surface area (Å²) >= 11 is 0. The van der Waals surface area contributed by atoms with E-state index in [2.05, 4.69) is 13.8 Å². The van der Waals surface area contributed by atoms with Crippen LogP contribution < -0.4 is 9.47 Å². The standard InChI is InChI=1S/C22H26O5/c1-5-15(2)17-6-12-20(13-7-17)27-22(24)14-21(23)26-16(3)18-8-10-19(25-4)11-9-18/h6-13,15-16H,5,14H2,1-4H3. The van der Waals surface area contributed by atoms with Gasteiger partial charge in [-0.15, -0.1) is 0 Å². The highest BCUT2D eigenvalue weighted by molar-refractivity contribution is 5.92. The average molecular weight is 370 g/mol. The first-order valence-electron chi connectivity index (χ1n) is 9.07. The molecule has 2 aromatic carbocycles. The minimum absolute atomic E-state index is 0.419. The third-order valence-electron chi connectivity index (χ3n) is 4.48. The van der Waals surface area contributed by atoms with Crippen LogP contribution in [0.5, 0.6) is 11.5 Å². The van der Waals surface area contributed by atoms with Crippen LogP contribution in [0.1, 0.15) is 56.8 Å². The van der Waals surface area contributed by atoms with Crippen molar-refractivity contribution in [3.63, 3.8) is 0 Å². The molecule has 0 radical (unpaired) electrons. The summed E-state index contributed by atoms with van der Waals surface area (Å²) in [6.07, 6.45) is 0.135. The van der Waals surface area contributed by atoms with Gasteiger partial charge < -0.3 is 14.2 Å². The number of ether oxygens (including phenoxy) is 3. The van der Waals surface area contributed by atoms with Crippen molar-refractivity contribution in [3.05, 3.63) is 59.7 Å². The van der Waals surface area contributed by atoms with Crippen LogP contribution in [0.25, 0.3) is 0 Å². The van der Waals surface area contributed by atoms with E-state index in [1.54, 1.807) is 38.3 Å². The van der Waals surface area contributed by atoms with Gasteiger partial charge in [-0.2, -0.15) is 0 Å². The zero-order valence-electron chi connectivity index (χ0n) is 16.2. The Balaban J connectivity index is 1.84. The van der Waals surface area contributed by atoms with E-state index >= 15 is 0 Å². The van der Waals surface area contributed by atoms with E-state index < -0.39 is 24.5 Å². The van der Waals surface area contributed by atoms with E-state index in [0.717, 1.165) is 17.7 Å². The fraction of sp³-hybridized carbons (Fsp3) is 0.364. The van der Waals surface area contributed by atoms with Gasteiger partial charge in [-0.3, -0.25) is 9.59 Å². The van der Waals surface area contributed by atoms with E-state index in [4.69, 9.17) is 14.2 Å². The Labute approximate surface area is 160 Å². The van der Waals surface area contributed by atoms with Gasteiger partial charge in [0, 0.05) is 0 Å². The molecule has 144 valence electrons. The van der Waals surface area contributed by atoms with Crippen molar-refractivity contribution in [2.75, 3.05) is 7.11 Å². The fourth-order valence-corrected chi connectivity index (χ4v) is 2.57. The monoisotopic (exact) mass is 370 g/mol. The normalized spacial score (nSPS) is 12.7. The molecule has 2 rings (SSSR count). The van der Waals surface area contributed by atoms with E-state index in [1.165, 1.54) is 5.56 Å². The van der Waals surface area contributed by atoms with Gasteiger partial charge in [0.15, 0.2) is 0 Å². The summed E-state index contributed by atoms with van der Waals surface area (Å²) in [4.78, 5) is 23.9. The molecular weight excluding hydrogens is 344 g/mol. The van der Waals surface area contributed by atoms with Crippen molar-refractivity contribution >= 4 is 11.9 Å². The highest BCUT2D eigenvalue weighted by Gasteiger charge is 2.17. The molecule has 2 aromatic rings. The Morgan fingerprint density at radius 2 is 1.41 bits per heavy atom. The van der Waals surface area contributed by atoms with Crippen LogP contribution in [-0.4, -0.2) is 19.0 Å². The molecule has 0 aliphatic rings. The summed E-state index contributed by atoms with van der Waals surface area (Å²) in [5.41, 5.74) is 2.00. The van der Waals surface area contributed by atoms with Crippen molar-refractivity contribution in [1.29, 1.82) is 0 Å². The molecule has 0 N–H and O–H groups in total. The Morgan fingerprint density at radius 1 is 0.852 bits per heavy atom. The van der Waals surface area contributed by atoms with Crippen LogP contribution in [0.4, 0.5) is 0 Å². The third-order valence-corrected chi connectivity index (χ3v) is 4.48. The molecule has 2 atom stereocenters. The highest BCUT2D eigenvalue weighted by atomic mass is 16.6. The summed E-state index contributed by atoms with van der Waals surface area (Å²) in [7, 11) is 1.59. The molecular formula is C22H26O5. The van der Waals surface area contributed by atoms with Gasteiger partial charge in [0.1, 0.15) is 24.0 Å². The third kappa shape index (κ3) is 6.13. The Kier molecular flexibility index (Phi) is 7.41. The molecule has 5 nitrogen and oxygen atoms in total. The number of methoxy groups -OCH3 is 1. The maximum Gasteiger partial charge on any atom is 0.322 e. The minimum Gasteiger partial charge on any atom is -0.497 e. The second-order valence-electron chi connectivity index (χ2n) is 6.43. The minimum atomic E-state index is -0.641. The molecule has 0 amide bonds. The first-order chi connectivity index (χ1) is 12.9. The van der Waals surface area contributed by atoms with Gasteiger partial charge in [0.25, 0.3) is 0 Å². The quantitative estimate of drug-likeness (QED) is 0.379. The molecule has 0 heterocycles. The first kappa shape index (κ1) is 20.5. The molecule has 0 aliphatic carbocycles. The van der Waals surface area contributed by atoms with Gasteiger partial charge in [0.2, 0.25) is 0 Å². The Bertz CT molecular complexity index is 749. The lowest BCUT2D eigenvalue weighted by Crippen LogP contribution is -2.17.